The molecule has 1 amide bonds. The highest BCUT2D eigenvalue weighted by Crippen LogP contribution is 2.31. The van der Waals surface area contributed by atoms with E-state index in [1.807, 2.05) is 48.7 Å². The second-order valence-electron chi connectivity index (χ2n) is 6.74. The van der Waals surface area contributed by atoms with Crippen molar-refractivity contribution in [3.63, 3.8) is 0 Å². The summed E-state index contributed by atoms with van der Waals surface area (Å²) in [5, 5.41) is 10.1. The van der Waals surface area contributed by atoms with Crippen LogP contribution in [0.2, 0.25) is 0 Å². The summed E-state index contributed by atoms with van der Waals surface area (Å²) in [6.07, 6.45) is -0.136. The van der Waals surface area contributed by atoms with Gasteiger partial charge in [0.2, 0.25) is 6.10 Å². The number of nitrogens with zero attached hydrogens (tertiary/aromatic N) is 2. The maximum Gasteiger partial charge on any atom is 0.264 e. The van der Waals surface area contributed by atoms with E-state index < -0.39 is 6.10 Å². The molecule has 142 valence electrons. The van der Waals surface area contributed by atoms with Gasteiger partial charge in [0.05, 0.1) is 18.2 Å². The first kappa shape index (κ1) is 18.4. The van der Waals surface area contributed by atoms with E-state index in [4.69, 9.17) is 4.84 Å². The molecule has 3 aromatic rings. The minimum absolute atomic E-state index is 0.0261. The Balaban J connectivity index is 1.46. The number of carbonyl (C=O) groups is 1. The van der Waals surface area contributed by atoms with Crippen molar-refractivity contribution in [1.82, 2.24) is 10.3 Å². The fraction of sp³-hybridized carbons (Fsp3) is 0.227. The van der Waals surface area contributed by atoms with E-state index in [1.54, 1.807) is 0 Å². The van der Waals surface area contributed by atoms with Crippen molar-refractivity contribution in [2.75, 3.05) is 0 Å². The summed E-state index contributed by atoms with van der Waals surface area (Å²) >= 11 is 1.54. The summed E-state index contributed by atoms with van der Waals surface area (Å²) in [5.74, 6) is -0.187. The van der Waals surface area contributed by atoms with Crippen LogP contribution in [0.5, 0.6) is 0 Å². The zero-order chi connectivity index (χ0) is 19.3. The summed E-state index contributed by atoms with van der Waals surface area (Å²) in [7, 11) is 0. The van der Waals surface area contributed by atoms with Crippen LogP contribution in [0.4, 0.5) is 0 Å². The predicted octanol–water partition coefficient (Wildman–Crippen LogP) is 4.04. The van der Waals surface area contributed by atoms with E-state index in [0.29, 0.717) is 13.0 Å². The Morgan fingerprint density at radius 2 is 1.79 bits per heavy atom. The van der Waals surface area contributed by atoms with Crippen molar-refractivity contribution in [3.05, 3.63) is 87.9 Å². The number of oxime groups is 1. The molecule has 1 aromatic heterocycles. The van der Waals surface area contributed by atoms with Gasteiger partial charge >= 0.3 is 0 Å². The second-order valence-corrected chi connectivity index (χ2v) is 7.68. The minimum Gasteiger partial charge on any atom is -0.382 e. The maximum atomic E-state index is 12.5. The number of amides is 1. The molecule has 0 fully saturated rings. The lowest BCUT2D eigenvalue weighted by molar-refractivity contribution is -0.131. The number of benzene rings is 2. The van der Waals surface area contributed by atoms with Crippen molar-refractivity contribution < 1.29 is 9.63 Å². The van der Waals surface area contributed by atoms with Crippen molar-refractivity contribution in [2.45, 2.75) is 31.9 Å². The van der Waals surface area contributed by atoms with Crippen molar-refractivity contribution in [3.8, 4) is 0 Å². The molecular formula is C22H21N3O2S. The second kappa shape index (κ2) is 8.35. The molecule has 1 aliphatic rings. The molecule has 0 saturated heterocycles. The van der Waals surface area contributed by atoms with Gasteiger partial charge in [0.25, 0.3) is 5.91 Å². The smallest absolute Gasteiger partial charge is 0.264 e. The molecule has 1 N–H and O–H groups in total. The lowest BCUT2D eigenvalue weighted by Gasteiger charge is -2.17. The van der Waals surface area contributed by atoms with E-state index in [0.717, 1.165) is 27.5 Å². The molecule has 6 heteroatoms. The zero-order valence-corrected chi connectivity index (χ0v) is 16.4. The third-order valence-corrected chi connectivity index (χ3v) is 5.63. The third kappa shape index (κ3) is 4.12. The zero-order valence-electron chi connectivity index (χ0n) is 15.5. The molecule has 0 bridgehead atoms. The van der Waals surface area contributed by atoms with Crippen LogP contribution in [0.3, 0.4) is 0 Å². The van der Waals surface area contributed by atoms with Crippen LogP contribution >= 0.6 is 11.3 Å². The quantitative estimate of drug-likeness (QED) is 0.690. The molecule has 28 heavy (non-hydrogen) atoms. The Labute approximate surface area is 168 Å². The van der Waals surface area contributed by atoms with Gasteiger partial charge in [0.15, 0.2) is 0 Å². The van der Waals surface area contributed by atoms with Gasteiger partial charge in [0.1, 0.15) is 5.01 Å². The van der Waals surface area contributed by atoms with Gasteiger partial charge in [-0.2, -0.15) is 0 Å². The molecule has 1 unspecified atom stereocenters. The van der Waals surface area contributed by atoms with E-state index >= 15 is 0 Å². The molecule has 2 aromatic carbocycles. The molecule has 2 heterocycles. The van der Waals surface area contributed by atoms with Crippen LogP contribution < -0.4 is 5.32 Å². The van der Waals surface area contributed by atoms with Crippen molar-refractivity contribution in [1.29, 1.82) is 0 Å². The number of hydrogen-bond acceptors (Lipinski definition) is 5. The van der Waals surface area contributed by atoms with E-state index in [-0.39, 0.29) is 11.8 Å². The predicted molar refractivity (Wildman–Crippen MR) is 110 cm³/mol. The number of nitrogens with one attached hydrogen (secondary N) is 1. The van der Waals surface area contributed by atoms with Crippen LogP contribution in [-0.4, -0.2) is 22.7 Å². The molecule has 4 rings (SSSR count). The van der Waals surface area contributed by atoms with Crippen LogP contribution in [0.15, 0.2) is 71.2 Å². The molecule has 1 aliphatic heterocycles. The van der Waals surface area contributed by atoms with Crippen molar-refractivity contribution >= 4 is 23.0 Å². The number of rotatable bonds is 6. The van der Waals surface area contributed by atoms with Gasteiger partial charge < -0.3 is 10.2 Å². The normalized spacial score (nSPS) is 15.9. The van der Waals surface area contributed by atoms with Crippen LogP contribution in [0.1, 0.15) is 34.2 Å². The van der Waals surface area contributed by atoms with Crippen molar-refractivity contribution in [2.24, 2.45) is 5.16 Å². The van der Waals surface area contributed by atoms with Gasteiger partial charge in [-0.25, -0.2) is 4.98 Å². The van der Waals surface area contributed by atoms with E-state index in [9.17, 15) is 4.79 Å². The summed E-state index contributed by atoms with van der Waals surface area (Å²) < 4.78 is 0. The number of carbonyl (C=O) groups excluding carboxylic acids is 1. The molecule has 0 aliphatic carbocycles. The molecule has 0 radical (unpaired) electrons. The highest BCUT2D eigenvalue weighted by atomic mass is 32.1. The molecule has 5 nitrogen and oxygen atoms in total. The van der Waals surface area contributed by atoms with Crippen LogP contribution in [0.25, 0.3) is 0 Å². The number of thiazole rings is 1. The van der Waals surface area contributed by atoms with Crippen LogP contribution in [-0.2, 0) is 16.2 Å². The first-order valence-corrected chi connectivity index (χ1v) is 10.1. The highest BCUT2D eigenvalue weighted by Gasteiger charge is 2.33. The Morgan fingerprint density at radius 3 is 2.36 bits per heavy atom. The summed E-state index contributed by atoms with van der Waals surface area (Å²) in [5.41, 5.74) is 4.10. The van der Waals surface area contributed by atoms with Gasteiger partial charge in [-0.05, 0) is 18.1 Å². The standard InChI is InChI=1S/C22H21N3O2S/c1-15-14-28-20(24-15)13-23-22(26)19-12-18(25-27-19)21(16-8-4-2-5-9-16)17-10-6-3-7-11-17/h2-11,14,19,21H,12-13H2,1H3,(H,23,26). The summed E-state index contributed by atoms with van der Waals surface area (Å²) in [6, 6.07) is 20.4. The summed E-state index contributed by atoms with van der Waals surface area (Å²) in [6.45, 7) is 2.35. The first-order valence-electron chi connectivity index (χ1n) is 9.22. The molecule has 1 atom stereocenters. The maximum absolute atomic E-state index is 12.5. The number of aryl methyl sites for hydroxylation is 1. The average molecular weight is 391 g/mol. The minimum atomic E-state index is -0.606. The van der Waals surface area contributed by atoms with E-state index in [1.165, 1.54) is 11.3 Å². The van der Waals surface area contributed by atoms with Gasteiger partial charge in [-0.15, -0.1) is 11.3 Å². The molecule has 0 saturated carbocycles. The van der Waals surface area contributed by atoms with Gasteiger partial charge in [-0.3, -0.25) is 4.79 Å². The number of aromatic nitrogens is 1. The molecule has 0 spiro atoms. The average Bonchev–Trinajstić information content (AvgIpc) is 3.37. The number of hydrogen-bond donors (Lipinski definition) is 1. The largest absolute Gasteiger partial charge is 0.382 e. The fourth-order valence-electron chi connectivity index (χ4n) is 3.34. The first-order chi connectivity index (χ1) is 13.7. The lowest BCUT2D eigenvalue weighted by Crippen LogP contribution is -2.34. The van der Waals surface area contributed by atoms with Gasteiger partial charge in [-0.1, -0.05) is 65.8 Å². The lowest BCUT2D eigenvalue weighted by atomic mass is 9.85. The fourth-order valence-corrected chi connectivity index (χ4v) is 4.05. The van der Waals surface area contributed by atoms with E-state index in [2.05, 4.69) is 39.7 Å². The Bertz CT molecular complexity index is 930. The van der Waals surface area contributed by atoms with Crippen LogP contribution in [0, 0.1) is 6.92 Å². The van der Waals surface area contributed by atoms with Gasteiger partial charge in [0, 0.05) is 17.5 Å². The summed E-state index contributed by atoms with van der Waals surface area (Å²) in [4.78, 5) is 22.4. The topological polar surface area (TPSA) is 63.6 Å². The Morgan fingerprint density at radius 1 is 1.14 bits per heavy atom. The third-order valence-electron chi connectivity index (χ3n) is 4.66. The Hall–Kier alpha value is -2.99. The SMILES string of the molecule is Cc1csc(CNC(=O)C2CC(C(c3ccccc3)c3ccccc3)=NO2)n1. The monoisotopic (exact) mass is 391 g/mol. The Kier molecular flexibility index (Phi) is 5.48. The highest BCUT2D eigenvalue weighted by molar-refractivity contribution is 7.09. The molecular weight excluding hydrogens is 370 g/mol.